The van der Waals surface area contributed by atoms with Crippen molar-refractivity contribution in [2.45, 2.75) is 12.5 Å². The molecule has 0 bridgehead atoms. The van der Waals surface area contributed by atoms with E-state index in [1.165, 1.54) is 5.56 Å². The summed E-state index contributed by atoms with van der Waals surface area (Å²) in [4.78, 5) is 19.6. The highest BCUT2D eigenvalue weighted by molar-refractivity contribution is 5.99. The number of pyridine rings is 1. The minimum Gasteiger partial charge on any atom is -0.350 e. The molecule has 6 heteroatoms. The molecule has 0 saturated carbocycles. The standard InChI is InChI=1S/C26H27N5O/c1-30(2)23(16-20-10-5-3-6-11-20)18-28-26(32)24-19-31(22-13-7-4-8-14-22)29-25(24)21-12-9-15-27-17-21/h3-15,17,19,23H,16,18H2,1-2H3,(H,28,32). The average molecular weight is 426 g/mol. The highest BCUT2D eigenvalue weighted by Crippen LogP contribution is 2.23. The normalized spacial score (nSPS) is 12.0. The number of benzene rings is 2. The summed E-state index contributed by atoms with van der Waals surface area (Å²) in [7, 11) is 4.07. The summed E-state index contributed by atoms with van der Waals surface area (Å²) in [6, 6.07) is 24.0. The fourth-order valence-electron chi connectivity index (χ4n) is 3.60. The Kier molecular flexibility index (Phi) is 6.72. The fraction of sp³-hybridized carbons (Fsp3) is 0.192. The van der Waals surface area contributed by atoms with Crippen LogP contribution in [0.15, 0.2) is 91.4 Å². The van der Waals surface area contributed by atoms with Crippen molar-refractivity contribution in [3.63, 3.8) is 0 Å². The molecule has 6 nitrogen and oxygen atoms in total. The lowest BCUT2D eigenvalue weighted by molar-refractivity contribution is 0.0942. The summed E-state index contributed by atoms with van der Waals surface area (Å²) >= 11 is 0. The van der Waals surface area contributed by atoms with E-state index in [2.05, 4.69) is 27.3 Å². The number of carbonyl (C=O) groups is 1. The van der Waals surface area contributed by atoms with Crippen molar-refractivity contribution in [3.05, 3.63) is 103 Å². The first-order valence-electron chi connectivity index (χ1n) is 10.7. The van der Waals surface area contributed by atoms with Crippen molar-refractivity contribution in [2.24, 2.45) is 0 Å². The predicted octanol–water partition coefficient (Wildman–Crippen LogP) is 3.84. The molecule has 1 amide bonds. The summed E-state index contributed by atoms with van der Waals surface area (Å²) < 4.78 is 1.74. The van der Waals surface area contributed by atoms with Gasteiger partial charge in [-0.3, -0.25) is 9.78 Å². The molecule has 0 aliphatic rings. The third-order valence-electron chi connectivity index (χ3n) is 5.46. The van der Waals surface area contributed by atoms with Gasteiger partial charge in [-0.2, -0.15) is 5.10 Å². The number of hydrogen-bond acceptors (Lipinski definition) is 4. The van der Waals surface area contributed by atoms with Gasteiger partial charge in [-0.1, -0.05) is 48.5 Å². The Balaban J connectivity index is 1.57. The van der Waals surface area contributed by atoms with E-state index in [1.807, 2.05) is 74.8 Å². The highest BCUT2D eigenvalue weighted by Gasteiger charge is 2.20. The lowest BCUT2D eigenvalue weighted by Gasteiger charge is -2.24. The Morgan fingerprint density at radius 1 is 1.00 bits per heavy atom. The fourth-order valence-corrected chi connectivity index (χ4v) is 3.60. The number of hydrogen-bond donors (Lipinski definition) is 1. The summed E-state index contributed by atoms with van der Waals surface area (Å²) in [6.45, 7) is 0.531. The molecule has 0 spiro atoms. The molecule has 0 aliphatic heterocycles. The molecule has 1 unspecified atom stereocenters. The van der Waals surface area contributed by atoms with Crippen LogP contribution in [0, 0.1) is 0 Å². The second kappa shape index (κ2) is 10.0. The van der Waals surface area contributed by atoms with Crippen LogP contribution in [0.25, 0.3) is 16.9 Å². The van der Waals surface area contributed by atoms with Crippen LogP contribution >= 0.6 is 0 Å². The van der Waals surface area contributed by atoms with Crippen LogP contribution in [-0.2, 0) is 6.42 Å². The second-order valence-electron chi connectivity index (χ2n) is 7.93. The number of nitrogens with zero attached hydrogens (tertiary/aromatic N) is 4. The van der Waals surface area contributed by atoms with E-state index in [0.29, 0.717) is 17.8 Å². The van der Waals surface area contributed by atoms with E-state index < -0.39 is 0 Å². The predicted molar refractivity (Wildman–Crippen MR) is 127 cm³/mol. The second-order valence-corrected chi connectivity index (χ2v) is 7.93. The molecule has 1 atom stereocenters. The smallest absolute Gasteiger partial charge is 0.255 e. The van der Waals surface area contributed by atoms with Crippen molar-refractivity contribution >= 4 is 5.91 Å². The van der Waals surface area contributed by atoms with Crippen LogP contribution in [0.4, 0.5) is 0 Å². The van der Waals surface area contributed by atoms with Gasteiger partial charge < -0.3 is 10.2 Å². The van der Waals surface area contributed by atoms with E-state index in [9.17, 15) is 4.79 Å². The monoisotopic (exact) mass is 425 g/mol. The molecule has 4 rings (SSSR count). The lowest BCUT2D eigenvalue weighted by atomic mass is 10.0. The van der Waals surface area contributed by atoms with Gasteiger partial charge in [-0.15, -0.1) is 0 Å². The number of amides is 1. The first kappa shape index (κ1) is 21.5. The third-order valence-corrected chi connectivity index (χ3v) is 5.46. The molecule has 2 aromatic carbocycles. The van der Waals surface area contributed by atoms with Gasteiger partial charge in [-0.25, -0.2) is 4.68 Å². The van der Waals surface area contributed by atoms with Gasteiger partial charge in [0.2, 0.25) is 0 Å². The number of aromatic nitrogens is 3. The molecule has 0 aliphatic carbocycles. The number of para-hydroxylation sites is 1. The van der Waals surface area contributed by atoms with Gasteiger partial charge in [0.05, 0.1) is 11.3 Å². The molecule has 0 fully saturated rings. The summed E-state index contributed by atoms with van der Waals surface area (Å²) in [5.41, 5.74) is 4.09. The van der Waals surface area contributed by atoms with Crippen LogP contribution in [0.1, 0.15) is 15.9 Å². The van der Waals surface area contributed by atoms with Gasteiger partial charge >= 0.3 is 0 Å². The quantitative estimate of drug-likeness (QED) is 0.466. The maximum atomic E-state index is 13.3. The van der Waals surface area contributed by atoms with Crippen LogP contribution in [-0.4, -0.2) is 52.3 Å². The molecule has 32 heavy (non-hydrogen) atoms. The number of rotatable bonds is 8. The molecule has 0 saturated heterocycles. The van der Waals surface area contributed by atoms with E-state index in [4.69, 9.17) is 5.10 Å². The van der Waals surface area contributed by atoms with Gasteiger partial charge in [0.15, 0.2) is 0 Å². The van der Waals surface area contributed by atoms with Gasteiger partial charge in [0, 0.05) is 36.7 Å². The zero-order valence-corrected chi connectivity index (χ0v) is 18.3. The molecule has 2 heterocycles. The Morgan fingerprint density at radius 3 is 2.38 bits per heavy atom. The largest absolute Gasteiger partial charge is 0.350 e. The Labute approximate surface area is 188 Å². The van der Waals surface area contributed by atoms with Crippen molar-refractivity contribution in [3.8, 4) is 16.9 Å². The molecule has 4 aromatic rings. The van der Waals surface area contributed by atoms with Gasteiger partial charge in [0.25, 0.3) is 5.91 Å². The van der Waals surface area contributed by atoms with Gasteiger partial charge in [-0.05, 0) is 50.3 Å². The Bertz CT molecular complexity index is 1140. The molecule has 2 aromatic heterocycles. The number of nitrogens with one attached hydrogen (secondary N) is 1. The van der Waals surface area contributed by atoms with E-state index in [1.54, 1.807) is 23.3 Å². The molecule has 1 N–H and O–H groups in total. The van der Waals surface area contributed by atoms with Crippen molar-refractivity contribution < 1.29 is 4.79 Å². The third kappa shape index (κ3) is 5.10. The minimum absolute atomic E-state index is 0.147. The van der Waals surface area contributed by atoms with Crippen LogP contribution in [0.3, 0.4) is 0 Å². The number of likely N-dealkylation sites (N-methyl/N-ethyl adjacent to an activating group) is 1. The van der Waals surface area contributed by atoms with E-state index >= 15 is 0 Å². The van der Waals surface area contributed by atoms with Crippen molar-refractivity contribution in [1.29, 1.82) is 0 Å². The van der Waals surface area contributed by atoms with Crippen molar-refractivity contribution in [2.75, 3.05) is 20.6 Å². The summed E-state index contributed by atoms with van der Waals surface area (Å²) in [5, 5.41) is 7.83. The first-order valence-corrected chi connectivity index (χ1v) is 10.7. The first-order chi connectivity index (χ1) is 15.6. The van der Waals surface area contributed by atoms with E-state index in [0.717, 1.165) is 17.7 Å². The molecular formula is C26H27N5O. The van der Waals surface area contributed by atoms with Crippen LogP contribution in [0.2, 0.25) is 0 Å². The SMILES string of the molecule is CN(C)C(CNC(=O)c1cn(-c2ccccc2)nc1-c1cccnc1)Cc1ccccc1. The molecule has 162 valence electrons. The molecule has 0 radical (unpaired) electrons. The van der Waals surface area contributed by atoms with Crippen LogP contribution < -0.4 is 5.32 Å². The maximum absolute atomic E-state index is 13.3. The zero-order valence-electron chi connectivity index (χ0n) is 18.3. The Morgan fingerprint density at radius 2 is 1.72 bits per heavy atom. The number of carbonyl (C=O) groups excluding carboxylic acids is 1. The van der Waals surface area contributed by atoms with Crippen molar-refractivity contribution in [1.82, 2.24) is 25.0 Å². The average Bonchev–Trinajstić information content (AvgIpc) is 3.29. The highest BCUT2D eigenvalue weighted by atomic mass is 16.1. The lowest BCUT2D eigenvalue weighted by Crippen LogP contribution is -2.41. The maximum Gasteiger partial charge on any atom is 0.255 e. The van der Waals surface area contributed by atoms with Gasteiger partial charge in [0.1, 0.15) is 5.69 Å². The van der Waals surface area contributed by atoms with Crippen LogP contribution in [0.5, 0.6) is 0 Å². The Hall–Kier alpha value is -3.77. The molecular weight excluding hydrogens is 398 g/mol. The minimum atomic E-state index is -0.147. The summed E-state index contributed by atoms with van der Waals surface area (Å²) in [6.07, 6.45) is 6.08. The summed E-state index contributed by atoms with van der Waals surface area (Å²) in [5.74, 6) is -0.147. The topological polar surface area (TPSA) is 63.1 Å². The zero-order chi connectivity index (χ0) is 22.3. The van der Waals surface area contributed by atoms with E-state index in [-0.39, 0.29) is 11.9 Å².